The number of aryl methyl sites for hydroxylation is 1. The molecule has 21 heavy (non-hydrogen) atoms. The van der Waals surface area contributed by atoms with E-state index in [9.17, 15) is 5.11 Å². The Morgan fingerprint density at radius 3 is 3.05 bits per heavy atom. The highest BCUT2D eigenvalue weighted by Gasteiger charge is 2.10. The number of hydrogen-bond donors (Lipinski definition) is 2. The number of oxazole rings is 1. The summed E-state index contributed by atoms with van der Waals surface area (Å²) in [5.41, 5.74) is 3.51. The molecule has 7 heteroatoms. The van der Waals surface area contributed by atoms with Gasteiger partial charge in [-0.15, -0.1) is 0 Å². The summed E-state index contributed by atoms with van der Waals surface area (Å²) in [7, 11) is 1.47. The number of hydrazone groups is 1. The van der Waals surface area contributed by atoms with Gasteiger partial charge in [0.15, 0.2) is 17.4 Å². The van der Waals surface area contributed by atoms with Crippen LogP contribution in [0.1, 0.15) is 24.1 Å². The van der Waals surface area contributed by atoms with Crippen LogP contribution >= 0.6 is 0 Å². The van der Waals surface area contributed by atoms with Gasteiger partial charge in [0.05, 0.1) is 13.3 Å². The van der Waals surface area contributed by atoms with Gasteiger partial charge >= 0.3 is 0 Å². The van der Waals surface area contributed by atoms with Gasteiger partial charge in [-0.3, -0.25) is 0 Å². The van der Waals surface area contributed by atoms with Crippen molar-refractivity contribution in [2.24, 2.45) is 5.10 Å². The van der Waals surface area contributed by atoms with Crippen molar-refractivity contribution >= 4 is 12.1 Å². The number of nitrogens with zero attached hydrogens (tertiary/aromatic N) is 3. The van der Waals surface area contributed by atoms with E-state index < -0.39 is 0 Å². The number of anilines is 1. The Labute approximate surface area is 121 Å². The van der Waals surface area contributed by atoms with Gasteiger partial charge in [-0.1, -0.05) is 6.92 Å². The quantitative estimate of drug-likeness (QED) is 0.645. The zero-order valence-electron chi connectivity index (χ0n) is 11.6. The maximum Gasteiger partial charge on any atom is 0.252 e. The van der Waals surface area contributed by atoms with Crippen molar-refractivity contribution in [2.45, 2.75) is 13.3 Å². The Bertz CT molecular complexity index is 701. The van der Waals surface area contributed by atoms with E-state index in [0.717, 1.165) is 0 Å². The third kappa shape index (κ3) is 3.30. The number of ether oxygens (including phenoxy) is 1. The minimum absolute atomic E-state index is 0.0530. The maximum atomic E-state index is 9.49. The molecule has 0 radical (unpaired) electrons. The number of nitrogens with one attached hydrogen (secondary N) is 1. The molecular formula is C14H14N4O3. The van der Waals surface area contributed by atoms with Crippen LogP contribution in [-0.4, -0.2) is 23.4 Å². The molecule has 1 aromatic heterocycles. The van der Waals surface area contributed by atoms with Crippen LogP contribution in [0.15, 0.2) is 27.7 Å². The minimum Gasteiger partial charge on any atom is -0.504 e. The normalized spacial score (nSPS) is 10.5. The highest BCUT2D eigenvalue weighted by atomic mass is 16.5. The first-order chi connectivity index (χ1) is 10.2. The lowest BCUT2D eigenvalue weighted by atomic mass is 10.2. The van der Waals surface area contributed by atoms with Gasteiger partial charge in [-0.25, -0.2) is 10.4 Å². The number of aromatic nitrogens is 1. The third-order valence-corrected chi connectivity index (χ3v) is 2.66. The van der Waals surface area contributed by atoms with E-state index in [0.29, 0.717) is 23.6 Å². The molecule has 0 fully saturated rings. The molecule has 0 unspecified atom stereocenters. The second-order valence-corrected chi connectivity index (χ2v) is 4.05. The first-order valence-corrected chi connectivity index (χ1v) is 6.23. The fourth-order valence-electron chi connectivity index (χ4n) is 1.61. The summed E-state index contributed by atoms with van der Waals surface area (Å²) in [6.07, 6.45) is 2.10. The first kappa shape index (κ1) is 14.4. The predicted octanol–water partition coefficient (Wildman–Crippen LogP) is 2.27. The van der Waals surface area contributed by atoms with Gasteiger partial charge in [0.25, 0.3) is 5.88 Å². The van der Waals surface area contributed by atoms with Crippen LogP contribution in [0.2, 0.25) is 0 Å². The fourth-order valence-corrected chi connectivity index (χ4v) is 1.61. The summed E-state index contributed by atoms with van der Waals surface area (Å²) < 4.78 is 10.3. The summed E-state index contributed by atoms with van der Waals surface area (Å²) in [5, 5.41) is 22.4. The van der Waals surface area contributed by atoms with Crippen molar-refractivity contribution < 1.29 is 14.3 Å². The molecular weight excluding hydrogens is 272 g/mol. The number of phenolic OH excluding ortho intramolecular Hbond substituents is 1. The summed E-state index contributed by atoms with van der Waals surface area (Å²) in [4.78, 5) is 3.99. The largest absolute Gasteiger partial charge is 0.504 e. The summed E-state index contributed by atoms with van der Waals surface area (Å²) in [5.74, 6) is 1.08. The SMILES string of the molecule is CCc1nc(C#N)c(N/N=C/c2ccc(O)c(OC)c2)o1. The average molecular weight is 286 g/mol. The number of methoxy groups -OCH3 is 1. The Morgan fingerprint density at radius 1 is 1.57 bits per heavy atom. The number of benzene rings is 1. The molecule has 0 atom stereocenters. The Morgan fingerprint density at radius 2 is 2.38 bits per heavy atom. The number of aromatic hydroxyl groups is 1. The third-order valence-electron chi connectivity index (χ3n) is 2.66. The van der Waals surface area contributed by atoms with Crippen LogP contribution in [0.4, 0.5) is 5.88 Å². The van der Waals surface area contributed by atoms with Crippen LogP contribution in [-0.2, 0) is 6.42 Å². The Balaban J connectivity index is 2.12. The molecule has 0 amide bonds. The van der Waals surface area contributed by atoms with Gasteiger partial charge in [-0.05, 0) is 23.8 Å². The first-order valence-electron chi connectivity index (χ1n) is 6.23. The zero-order chi connectivity index (χ0) is 15.2. The monoisotopic (exact) mass is 286 g/mol. The summed E-state index contributed by atoms with van der Waals surface area (Å²) in [6.45, 7) is 1.88. The number of rotatable bonds is 5. The molecule has 108 valence electrons. The van der Waals surface area contributed by atoms with Crippen molar-refractivity contribution in [3.63, 3.8) is 0 Å². The van der Waals surface area contributed by atoms with E-state index >= 15 is 0 Å². The summed E-state index contributed by atoms with van der Waals surface area (Å²) in [6, 6.07) is 6.74. The van der Waals surface area contributed by atoms with Crippen LogP contribution in [0.25, 0.3) is 0 Å². The van der Waals surface area contributed by atoms with Crippen molar-refractivity contribution in [1.82, 2.24) is 4.98 Å². The van der Waals surface area contributed by atoms with Gasteiger partial charge in [0.1, 0.15) is 6.07 Å². The molecule has 2 N–H and O–H groups in total. The molecule has 7 nitrogen and oxygen atoms in total. The average Bonchev–Trinajstić information content (AvgIpc) is 2.91. The van der Waals surface area contributed by atoms with Crippen LogP contribution in [0.5, 0.6) is 11.5 Å². The lowest BCUT2D eigenvalue weighted by Crippen LogP contribution is -1.92. The zero-order valence-corrected chi connectivity index (χ0v) is 11.6. The molecule has 0 saturated heterocycles. The van der Waals surface area contributed by atoms with Crippen LogP contribution < -0.4 is 10.2 Å². The van der Waals surface area contributed by atoms with E-state index in [-0.39, 0.29) is 17.3 Å². The van der Waals surface area contributed by atoms with Crippen molar-refractivity contribution in [3.8, 4) is 17.6 Å². The maximum absolute atomic E-state index is 9.49. The van der Waals surface area contributed by atoms with Crippen LogP contribution in [0, 0.1) is 11.3 Å². The molecule has 0 spiro atoms. The highest BCUT2D eigenvalue weighted by molar-refractivity contribution is 5.81. The standard InChI is InChI=1S/C14H14N4O3/c1-3-13-17-10(7-15)14(21-13)18-16-8-9-4-5-11(19)12(6-9)20-2/h4-6,8,18-19H,3H2,1-2H3/b16-8+. The number of phenols is 1. The van der Waals surface area contributed by atoms with E-state index in [1.165, 1.54) is 19.4 Å². The Kier molecular flexibility index (Phi) is 4.41. The lowest BCUT2D eigenvalue weighted by Gasteiger charge is -2.03. The Hall–Kier alpha value is -3.01. The molecule has 0 aliphatic heterocycles. The molecule has 1 heterocycles. The fraction of sp³-hybridized carbons (Fsp3) is 0.214. The van der Waals surface area contributed by atoms with E-state index in [4.69, 9.17) is 14.4 Å². The van der Waals surface area contributed by atoms with E-state index in [2.05, 4.69) is 15.5 Å². The van der Waals surface area contributed by atoms with Gasteiger partial charge in [0, 0.05) is 6.42 Å². The molecule has 0 aliphatic carbocycles. The van der Waals surface area contributed by atoms with Crippen molar-refractivity contribution in [2.75, 3.05) is 12.5 Å². The van der Waals surface area contributed by atoms with Crippen LogP contribution in [0.3, 0.4) is 0 Å². The molecule has 2 aromatic rings. The van der Waals surface area contributed by atoms with E-state index in [1.807, 2.05) is 13.0 Å². The highest BCUT2D eigenvalue weighted by Crippen LogP contribution is 2.25. The second-order valence-electron chi connectivity index (χ2n) is 4.05. The smallest absolute Gasteiger partial charge is 0.252 e. The lowest BCUT2D eigenvalue weighted by molar-refractivity contribution is 0.373. The van der Waals surface area contributed by atoms with Gasteiger partial charge < -0.3 is 14.3 Å². The molecule has 0 aliphatic rings. The topological polar surface area (TPSA) is 104 Å². The molecule has 0 saturated carbocycles. The number of hydrogen-bond acceptors (Lipinski definition) is 7. The molecule has 2 rings (SSSR count). The summed E-state index contributed by atoms with van der Waals surface area (Å²) >= 11 is 0. The minimum atomic E-state index is 0.0530. The van der Waals surface area contributed by atoms with E-state index in [1.54, 1.807) is 12.1 Å². The predicted molar refractivity (Wildman–Crippen MR) is 76.5 cm³/mol. The van der Waals surface area contributed by atoms with Gasteiger partial charge in [0.2, 0.25) is 5.69 Å². The number of nitriles is 1. The molecule has 0 bridgehead atoms. The molecule has 1 aromatic carbocycles. The van der Waals surface area contributed by atoms with Crippen molar-refractivity contribution in [1.29, 1.82) is 5.26 Å². The van der Waals surface area contributed by atoms with Gasteiger partial charge in [-0.2, -0.15) is 10.4 Å². The second kappa shape index (κ2) is 6.43. The van der Waals surface area contributed by atoms with Crippen molar-refractivity contribution in [3.05, 3.63) is 35.3 Å².